The Labute approximate surface area is 227 Å². The third kappa shape index (κ3) is 4.31. The Balaban J connectivity index is 1.73. The fraction of sp³-hybridized carbons (Fsp3) is 0.148. The van der Waals surface area contributed by atoms with E-state index in [1.807, 2.05) is 67.5 Å². The molecule has 1 aliphatic rings. The number of ether oxygens (including phenoxy) is 1. The van der Waals surface area contributed by atoms with Crippen LogP contribution >= 0.6 is 34.5 Å². The number of Topliss-reactive ketones (excluding diaryl/α,β-unsaturated/α-hetero) is 1. The van der Waals surface area contributed by atoms with Gasteiger partial charge in [-0.15, -0.1) is 0 Å². The molecule has 37 heavy (non-hydrogen) atoms. The second-order valence-electron chi connectivity index (χ2n) is 8.59. The first-order valence-electron chi connectivity index (χ1n) is 11.2. The molecule has 1 aliphatic heterocycles. The SMILES string of the molecule is COc1c(Cl)cc(/C(O)=C2\C(=O)C(=O)N(c3nc4ccccc4s3)C2c2ccc(N(C)C)cc2)cc1Cl. The van der Waals surface area contributed by atoms with E-state index in [-0.39, 0.29) is 26.9 Å². The number of aromatic nitrogens is 1. The first kappa shape index (κ1) is 25.1. The minimum atomic E-state index is -0.920. The Hall–Kier alpha value is -3.59. The van der Waals surface area contributed by atoms with E-state index >= 15 is 0 Å². The number of para-hydroxylation sites is 1. The van der Waals surface area contributed by atoms with Crippen LogP contribution in [0.1, 0.15) is 17.2 Å². The van der Waals surface area contributed by atoms with Gasteiger partial charge in [0, 0.05) is 25.3 Å². The van der Waals surface area contributed by atoms with E-state index < -0.39 is 23.5 Å². The average molecular weight is 554 g/mol. The predicted octanol–water partition coefficient (Wildman–Crippen LogP) is 6.30. The smallest absolute Gasteiger partial charge is 0.301 e. The highest BCUT2D eigenvalue weighted by Crippen LogP contribution is 2.45. The zero-order chi connectivity index (χ0) is 26.4. The molecule has 10 heteroatoms. The molecule has 1 aromatic heterocycles. The molecule has 0 spiro atoms. The fourth-order valence-electron chi connectivity index (χ4n) is 4.31. The molecule has 1 N–H and O–H groups in total. The first-order valence-corrected chi connectivity index (χ1v) is 12.8. The van der Waals surface area contributed by atoms with Gasteiger partial charge >= 0.3 is 5.91 Å². The highest BCUT2D eigenvalue weighted by atomic mass is 35.5. The van der Waals surface area contributed by atoms with Crippen molar-refractivity contribution in [3.8, 4) is 5.75 Å². The zero-order valence-electron chi connectivity index (χ0n) is 20.0. The lowest BCUT2D eigenvalue weighted by Gasteiger charge is -2.24. The minimum Gasteiger partial charge on any atom is -0.507 e. The lowest BCUT2D eigenvalue weighted by atomic mass is 9.95. The second kappa shape index (κ2) is 9.70. The van der Waals surface area contributed by atoms with Crippen LogP contribution in [0.25, 0.3) is 16.0 Å². The van der Waals surface area contributed by atoms with Gasteiger partial charge in [-0.2, -0.15) is 0 Å². The van der Waals surface area contributed by atoms with E-state index in [0.717, 1.165) is 10.4 Å². The molecule has 4 aromatic rings. The molecule has 0 radical (unpaired) electrons. The summed E-state index contributed by atoms with van der Waals surface area (Å²) >= 11 is 13.9. The van der Waals surface area contributed by atoms with E-state index in [2.05, 4.69) is 4.98 Å². The van der Waals surface area contributed by atoms with E-state index in [1.165, 1.54) is 35.5 Å². The monoisotopic (exact) mass is 553 g/mol. The summed E-state index contributed by atoms with van der Waals surface area (Å²) in [6.45, 7) is 0. The molecule has 188 valence electrons. The molecule has 0 saturated carbocycles. The van der Waals surface area contributed by atoms with Crippen LogP contribution in [0.3, 0.4) is 0 Å². The Kier molecular flexibility index (Phi) is 6.58. The Morgan fingerprint density at radius 3 is 2.30 bits per heavy atom. The number of carbonyl (C=O) groups excluding carboxylic acids is 2. The van der Waals surface area contributed by atoms with Crippen molar-refractivity contribution in [1.29, 1.82) is 0 Å². The standard InChI is InChI=1S/C27H21Cl2N3O4S/c1-31(2)16-10-8-14(9-11-16)22-21(23(33)15-12-17(28)25(36-3)18(29)13-15)24(34)26(35)32(22)27-30-19-6-4-5-7-20(19)37-27/h4-13,22,33H,1-3H3/b23-21+. The number of rotatable bonds is 5. The Morgan fingerprint density at radius 2 is 1.70 bits per heavy atom. The molecule has 1 unspecified atom stereocenters. The highest BCUT2D eigenvalue weighted by Gasteiger charge is 2.48. The number of thiazole rings is 1. The van der Waals surface area contributed by atoms with E-state index in [0.29, 0.717) is 16.2 Å². The summed E-state index contributed by atoms with van der Waals surface area (Å²) < 4.78 is 6.07. The van der Waals surface area contributed by atoms with Crippen LogP contribution in [-0.4, -0.2) is 43.0 Å². The molecule has 1 fully saturated rings. The highest BCUT2D eigenvalue weighted by molar-refractivity contribution is 7.22. The molecule has 0 aliphatic carbocycles. The van der Waals surface area contributed by atoms with Crippen LogP contribution in [0.2, 0.25) is 10.0 Å². The van der Waals surface area contributed by atoms with Gasteiger partial charge in [-0.05, 0) is 42.0 Å². The van der Waals surface area contributed by atoms with Crippen molar-refractivity contribution in [3.63, 3.8) is 0 Å². The largest absolute Gasteiger partial charge is 0.507 e. The Bertz CT molecular complexity index is 1520. The number of aliphatic hydroxyl groups excluding tert-OH is 1. The van der Waals surface area contributed by atoms with Crippen molar-refractivity contribution < 1.29 is 19.4 Å². The number of fused-ring (bicyclic) bond motifs is 1. The van der Waals surface area contributed by atoms with Gasteiger partial charge in [0.05, 0.1) is 39.0 Å². The van der Waals surface area contributed by atoms with Crippen LogP contribution in [0.5, 0.6) is 5.75 Å². The van der Waals surface area contributed by atoms with Gasteiger partial charge in [0.1, 0.15) is 5.76 Å². The summed E-state index contributed by atoms with van der Waals surface area (Å²) in [5.41, 5.74) is 2.39. The molecule has 7 nitrogen and oxygen atoms in total. The summed E-state index contributed by atoms with van der Waals surface area (Å²) in [7, 11) is 5.26. The third-order valence-electron chi connectivity index (χ3n) is 6.13. The van der Waals surface area contributed by atoms with Gasteiger partial charge in [-0.3, -0.25) is 14.5 Å². The first-order chi connectivity index (χ1) is 17.7. The van der Waals surface area contributed by atoms with Gasteiger partial charge in [0.2, 0.25) is 0 Å². The quantitative estimate of drug-likeness (QED) is 0.177. The fourth-order valence-corrected chi connectivity index (χ4v) is 5.94. The molecular formula is C27H21Cl2N3O4S. The normalized spacial score (nSPS) is 17.0. The number of halogens is 2. The lowest BCUT2D eigenvalue weighted by Crippen LogP contribution is -2.29. The van der Waals surface area contributed by atoms with Crippen LogP contribution in [-0.2, 0) is 9.59 Å². The number of methoxy groups -OCH3 is 1. The predicted molar refractivity (Wildman–Crippen MR) is 148 cm³/mol. The number of ketones is 1. The number of aliphatic hydroxyl groups is 1. The number of nitrogens with zero attached hydrogens (tertiary/aromatic N) is 3. The molecule has 3 aromatic carbocycles. The number of hydrogen-bond donors (Lipinski definition) is 1. The average Bonchev–Trinajstić information content (AvgIpc) is 3.42. The maximum absolute atomic E-state index is 13.4. The maximum atomic E-state index is 13.4. The van der Waals surface area contributed by atoms with Crippen molar-refractivity contribution >= 4 is 73.0 Å². The van der Waals surface area contributed by atoms with Gasteiger partial charge in [0.15, 0.2) is 10.9 Å². The summed E-state index contributed by atoms with van der Waals surface area (Å²) in [4.78, 5) is 34.8. The maximum Gasteiger partial charge on any atom is 0.301 e. The molecule has 1 amide bonds. The number of amides is 1. The molecule has 0 bridgehead atoms. The molecule has 5 rings (SSSR count). The van der Waals surface area contributed by atoms with Gasteiger partial charge in [-0.1, -0.05) is 58.8 Å². The topological polar surface area (TPSA) is 83.0 Å². The van der Waals surface area contributed by atoms with Gasteiger partial charge in [0.25, 0.3) is 5.78 Å². The van der Waals surface area contributed by atoms with Crippen molar-refractivity contribution in [2.45, 2.75) is 6.04 Å². The summed E-state index contributed by atoms with van der Waals surface area (Å²) in [6.07, 6.45) is 0. The molecule has 1 saturated heterocycles. The van der Waals surface area contributed by atoms with Gasteiger partial charge in [-0.25, -0.2) is 4.98 Å². The van der Waals surface area contributed by atoms with E-state index in [9.17, 15) is 14.7 Å². The van der Waals surface area contributed by atoms with Crippen LogP contribution < -0.4 is 14.5 Å². The van der Waals surface area contributed by atoms with Crippen molar-refractivity contribution in [2.75, 3.05) is 31.0 Å². The van der Waals surface area contributed by atoms with E-state index in [1.54, 1.807) is 0 Å². The van der Waals surface area contributed by atoms with Crippen molar-refractivity contribution in [2.24, 2.45) is 0 Å². The summed E-state index contributed by atoms with van der Waals surface area (Å²) in [6, 6.07) is 16.9. The molecule has 2 heterocycles. The number of anilines is 2. The Morgan fingerprint density at radius 1 is 1.05 bits per heavy atom. The van der Waals surface area contributed by atoms with Crippen LogP contribution in [0.4, 0.5) is 10.8 Å². The van der Waals surface area contributed by atoms with Crippen molar-refractivity contribution in [3.05, 3.63) is 87.4 Å². The molecule has 1 atom stereocenters. The summed E-state index contributed by atoms with van der Waals surface area (Å²) in [5, 5.41) is 12.1. The molecular weight excluding hydrogens is 533 g/mol. The van der Waals surface area contributed by atoms with Crippen molar-refractivity contribution in [1.82, 2.24) is 4.98 Å². The van der Waals surface area contributed by atoms with Crippen LogP contribution in [0, 0.1) is 0 Å². The van der Waals surface area contributed by atoms with E-state index in [4.69, 9.17) is 27.9 Å². The number of carbonyl (C=O) groups is 2. The number of hydrogen-bond acceptors (Lipinski definition) is 7. The van der Waals surface area contributed by atoms with Crippen LogP contribution in [0.15, 0.2) is 66.2 Å². The van der Waals surface area contributed by atoms with Gasteiger partial charge < -0.3 is 14.7 Å². The number of benzene rings is 3. The third-order valence-corrected chi connectivity index (χ3v) is 7.73. The summed E-state index contributed by atoms with van der Waals surface area (Å²) in [5.74, 6) is -1.77. The minimum absolute atomic E-state index is 0.0841. The second-order valence-corrected chi connectivity index (χ2v) is 10.4. The lowest BCUT2D eigenvalue weighted by molar-refractivity contribution is -0.132. The zero-order valence-corrected chi connectivity index (χ0v) is 22.4.